The van der Waals surface area contributed by atoms with Gasteiger partial charge in [-0.15, -0.1) is 0 Å². The Labute approximate surface area is 181 Å². The molecule has 4 rings (SSSR count). The lowest BCUT2D eigenvalue weighted by atomic mass is 9.95. The Hall–Kier alpha value is -2.06. The summed E-state index contributed by atoms with van der Waals surface area (Å²) in [5, 5.41) is 3.76. The van der Waals surface area contributed by atoms with Crippen molar-refractivity contribution in [3.8, 4) is 0 Å². The molecule has 0 spiro atoms. The molecule has 0 bridgehead atoms. The predicted molar refractivity (Wildman–Crippen MR) is 117 cm³/mol. The van der Waals surface area contributed by atoms with Crippen molar-refractivity contribution in [3.05, 3.63) is 40.9 Å². The molecule has 4 heterocycles. The van der Waals surface area contributed by atoms with Gasteiger partial charge in [0.2, 0.25) is 0 Å². The molecule has 2 atom stereocenters. The van der Waals surface area contributed by atoms with Gasteiger partial charge in [-0.1, -0.05) is 18.3 Å². The first kappa shape index (κ1) is 21.2. The van der Waals surface area contributed by atoms with Crippen molar-refractivity contribution in [2.75, 3.05) is 31.5 Å². The molecule has 0 unspecified atom stereocenters. The predicted octanol–water partition coefficient (Wildman–Crippen LogP) is 4.19. The molecule has 6 nitrogen and oxygen atoms in total. The number of hydrogen-bond acceptors (Lipinski definition) is 6. The molecule has 2 aromatic heterocycles. The molecule has 8 heteroatoms. The van der Waals surface area contributed by atoms with Gasteiger partial charge in [-0.25, -0.2) is 9.37 Å². The van der Waals surface area contributed by atoms with Crippen LogP contribution in [0.1, 0.15) is 60.9 Å². The molecule has 2 aromatic rings. The third kappa shape index (κ3) is 4.81. The zero-order chi connectivity index (χ0) is 21.1. The molecule has 162 valence electrons. The summed E-state index contributed by atoms with van der Waals surface area (Å²) in [6.07, 6.45) is 7.90. The van der Waals surface area contributed by atoms with Gasteiger partial charge in [0.15, 0.2) is 5.13 Å². The van der Waals surface area contributed by atoms with Gasteiger partial charge in [-0.2, -0.15) is 0 Å². The van der Waals surface area contributed by atoms with Gasteiger partial charge in [0.05, 0.1) is 17.9 Å². The number of aromatic nitrogens is 2. The average molecular weight is 432 g/mol. The fourth-order valence-corrected chi connectivity index (χ4v) is 5.43. The van der Waals surface area contributed by atoms with Crippen molar-refractivity contribution in [1.82, 2.24) is 19.8 Å². The maximum absolute atomic E-state index is 13.9. The largest absolute Gasteiger partial charge is 0.353 e. The zero-order valence-electron chi connectivity index (χ0n) is 17.7. The van der Waals surface area contributed by atoms with Crippen LogP contribution in [0.25, 0.3) is 0 Å². The van der Waals surface area contributed by atoms with E-state index in [2.05, 4.69) is 27.1 Å². The van der Waals surface area contributed by atoms with E-state index in [0.717, 1.165) is 31.8 Å². The van der Waals surface area contributed by atoms with E-state index in [1.54, 1.807) is 18.5 Å². The standard InChI is InChI=1S/C22H30FN5OS/c1-15-5-4-10-28(14-15)17-7-11-27(12-8-17)21(29)19-13-25-22(30-19)26-16(2)20-18(23)6-3-9-24-20/h3,6,9,13,15-17H,4-5,7-8,10-12,14H2,1-2H3,(H,25,26)/t15-,16-/m1/s1. The maximum Gasteiger partial charge on any atom is 0.265 e. The quantitative estimate of drug-likeness (QED) is 0.769. The second-order valence-electron chi connectivity index (χ2n) is 8.53. The Morgan fingerprint density at radius 3 is 2.80 bits per heavy atom. The fraction of sp³-hybridized carbons (Fsp3) is 0.591. The Kier molecular flexibility index (Phi) is 6.63. The smallest absolute Gasteiger partial charge is 0.265 e. The summed E-state index contributed by atoms with van der Waals surface area (Å²) in [6, 6.07) is 3.24. The summed E-state index contributed by atoms with van der Waals surface area (Å²) in [6.45, 7) is 8.15. The molecule has 0 saturated carbocycles. The Bertz CT molecular complexity index is 867. The van der Waals surface area contributed by atoms with Gasteiger partial charge in [0, 0.05) is 31.9 Å². The van der Waals surface area contributed by atoms with E-state index < -0.39 is 0 Å². The van der Waals surface area contributed by atoms with Crippen molar-refractivity contribution in [2.45, 2.75) is 51.6 Å². The Morgan fingerprint density at radius 1 is 1.27 bits per heavy atom. The normalized spacial score (nSPS) is 22.1. The van der Waals surface area contributed by atoms with Crippen molar-refractivity contribution in [2.24, 2.45) is 5.92 Å². The Morgan fingerprint density at radius 2 is 2.07 bits per heavy atom. The van der Waals surface area contributed by atoms with Crippen LogP contribution in [-0.4, -0.2) is 57.9 Å². The number of carbonyl (C=O) groups excluding carboxylic acids is 1. The highest BCUT2D eigenvalue weighted by molar-refractivity contribution is 7.17. The van der Waals surface area contributed by atoms with E-state index in [1.807, 2.05) is 11.8 Å². The van der Waals surface area contributed by atoms with E-state index in [0.29, 0.717) is 21.7 Å². The lowest BCUT2D eigenvalue weighted by Crippen LogP contribution is -2.49. The number of halogens is 1. The van der Waals surface area contributed by atoms with Crippen LogP contribution < -0.4 is 5.32 Å². The Balaban J connectivity index is 1.32. The highest BCUT2D eigenvalue weighted by Gasteiger charge is 2.30. The van der Waals surface area contributed by atoms with Gasteiger partial charge >= 0.3 is 0 Å². The third-order valence-corrected chi connectivity index (χ3v) is 7.13. The monoisotopic (exact) mass is 431 g/mol. The number of thiazole rings is 1. The number of piperidine rings is 2. The van der Waals surface area contributed by atoms with Crippen LogP contribution in [0.3, 0.4) is 0 Å². The first-order chi connectivity index (χ1) is 14.5. The minimum absolute atomic E-state index is 0.0441. The molecule has 0 aromatic carbocycles. The lowest BCUT2D eigenvalue weighted by Gasteiger charge is -2.41. The van der Waals surface area contributed by atoms with Crippen LogP contribution in [0.2, 0.25) is 0 Å². The van der Waals surface area contributed by atoms with Crippen LogP contribution in [-0.2, 0) is 0 Å². The highest BCUT2D eigenvalue weighted by Crippen LogP contribution is 2.27. The van der Waals surface area contributed by atoms with Gasteiger partial charge in [-0.3, -0.25) is 14.7 Å². The second-order valence-corrected chi connectivity index (χ2v) is 9.56. The molecular weight excluding hydrogens is 401 g/mol. The molecule has 2 saturated heterocycles. The SMILES string of the molecule is C[C@@H]1CCCN(C2CCN(C(=O)c3cnc(N[C@H](C)c4ncccc4F)s3)CC2)C1. The second kappa shape index (κ2) is 9.39. The maximum atomic E-state index is 13.9. The van der Waals surface area contributed by atoms with E-state index in [1.165, 1.54) is 43.3 Å². The van der Waals surface area contributed by atoms with Crippen molar-refractivity contribution < 1.29 is 9.18 Å². The van der Waals surface area contributed by atoms with Gasteiger partial charge in [0.25, 0.3) is 5.91 Å². The summed E-state index contributed by atoms with van der Waals surface area (Å²) in [7, 11) is 0. The number of carbonyl (C=O) groups is 1. The topological polar surface area (TPSA) is 61.4 Å². The van der Waals surface area contributed by atoms with Crippen LogP contribution in [0, 0.1) is 11.7 Å². The van der Waals surface area contributed by atoms with E-state index in [9.17, 15) is 9.18 Å². The third-order valence-electron chi connectivity index (χ3n) is 6.21. The molecule has 0 radical (unpaired) electrons. The summed E-state index contributed by atoms with van der Waals surface area (Å²) < 4.78 is 13.9. The van der Waals surface area contributed by atoms with E-state index >= 15 is 0 Å². The number of hydrogen-bond donors (Lipinski definition) is 1. The minimum Gasteiger partial charge on any atom is -0.353 e. The number of anilines is 1. The van der Waals surface area contributed by atoms with E-state index in [4.69, 9.17) is 0 Å². The molecule has 0 aliphatic carbocycles. The van der Waals surface area contributed by atoms with Gasteiger partial charge < -0.3 is 10.2 Å². The van der Waals surface area contributed by atoms with E-state index in [-0.39, 0.29) is 17.8 Å². The number of rotatable bonds is 5. The van der Waals surface area contributed by atoms with Crippen molar-refractivity contribution in [3.63, 3.8) is 0 Å². The van der Waals surface area contributed by atoms with Gasteiger partial charge in [0.1, 0.15) is 10.7 Å². The number of likely N-dealkylation sites (tertiary alicyclic amines) is 2. The molecular formula is C22H30FN5OS. The number of nitrogens with one attached hydrogen (secondary N) is 1. The summed E-state index contributed by atoms with van der Waals surface area (Å²) in [4.78, 5) is 26.6. The summed E-state index contributed by atoms with van der Waals surface area (Å²) >= 11 is 1.32. The molecule has 30 heavy (non-hydrogen) atoms. The lowest BCUT2D eigenvalue weighted by molar-refractivity contribution is 0.0545. The number of nitrogens with zero attached hydrogens (tertiary/aromatic N) is 4. The zero-order valence-corrected chi connectivity index (χ0v) is 18.5. The highest BCUT2D eigenvalue weighted by atomic mass is 32.1. The van der Waals surface area contributed by atoms with Gasteiger partial charge in [-0.05, 0) is 57.2 Å². The minimum atomic E-state index is -0.351. The van der Waals surface area contributed by atoms with Crippen molar-refractivity contribution >= 4 is 22.4 Å². The first-order valence-corrected chi connectivity index (χ1v) is 11.7. The molecule has 2 aliphatic rings. The average Bonchev–Trinajstić information content (AvgIpc) is 3.22. The van der Waals surface area contributed by atoms with Crippen LogP contribution in [0.5, 0.6) is 0 Å². The van der Waals surface area contributed by atoms with Crippen molar-refractivity contribution in [1.29, 1.82) is 0 Å². The number of amides is 1. The molecule has 2 fully saturated rings. The van der Waals surface area contributed by atoms with Crippen LogP contribution >= 0.6 is 11.3 Å². The van der Waals surface area contributed by atoms with Crippen LogP contribution in [0.4, 0.5) is 9.52 Å². The first-order valence-electron chi connectivity index (χ1n) is 10.9. The molecule has 2 aliphatic heterocycles. The molecule has 1 amide bonds. The fourth-order valence-electron chi connectivity index (χ4n) is 4.56. The van der Waals surface area contributed by atoms with Crippen LogP contribution in [0.15, 0.2) is 24.5 Å². The number of pyridine rings is 1. The summed E-state index contributed by atoms with van der Waals surface area (Å²) in [5.41, 5.74) is 0.342. The summed E-state index contributed by atoms with van der Waals surface area (Å²) in [5.74, 6) is 0.475. The molecule has 1 N–H and O–H groups in total.